The summed E-state index contributed by atoms with van der Waals surface area (Å²) in [7, 11) is 0. The summed E-state index contributed by atoms with van der Waals surface area (Å²) in [6.45, 7) is 8.11. The fraction of sp³-hybridized carbons (Fsp3) is 1.00. The van der Waals surface area contributed by atoms with Gasteiger partial charge in [0.15, 0.2) is 0 Å². The molecule has 0 spiro atoms. The highest BCUT2D eigenvalue weighted by Crippen LogP contribution is 2.16. The predicted molar refractivity (Wildman–Crippen MR) is 54.7 cm³/mol. The third-order valence-electron chi connectivity index (χ3n) is 2.71. The Morgan fingerprint density at radius 3 is 2.62 bits per heavy atom. The standard InChI is InChI=1S/C10H22N2O/c1-2-13-9-10-3-6-12(7-4-10)8-5-11/h10H,2-9,11H2,1H3. The minimum atomic E-state index is 0.786. The summed E-state index contributed by atoms with van der Waals surface area (Å²) in [5.41, 5.74) is 5.51. The largest absolute Gasteiger partial charge is 0.381 e. The van der Waals surface area contributed by atoms with Crippen molar-refractivity contribution in [1.82, 2.24) is 4.90 Å². The van der Waals surface area contributed by atoms with E-state index in [4.69, 9.17) is 10.5 Å². The van der Waals surface area contributed by atoms with Crippen LogP contribution in [0.15, 0.2) is 0 Å². The lowest BCUT2D eigenvalue weighted by Gasteiger charge is -2.31. The minimum absolute atomic E-state index is 0.786. The van der Waals surface area contributed by atoms with Crippen molar-refractivity contribution in [3.63, 3.8) is 0 Å². The summed E-state index contributed by atoms with van der Waals surface area (Å²) in [6.07, 6.45) is 2.56. The maximum atomic E-state index is 5.51. The molecule has 0 bridgehead atoms. The molecule has 0 saturated carbocycles. The van der Waals surface area contributed by atoms with Gasteiger partial charge < -0.3 is 15.4 Å². The molecule has 0 aromatic carbocycles. The first-order valence-corrected chi connectivity index (χ1v) is 5.37. The smallest absolute Gasteiger partial charge is 0.0495 e. The van der Waals surface area contributed by atoms with E-state index in [2.05, 4.69) is 11.8 Å². The van der Waals surface area contributed by atoms with Crippen molar-refractivity contribution in [3.8, 4) is 0 Å². The summed E-state index contributed by atoms with van der Waals surface area (Å²) >= 11 is 0. The number of nitrogens with two attached hydrogens (primary N) is 1. The van der Waals surface area contributed by atoms with Gasteiger partial charge >= 0.3 is 0 Å². The Morgan fingerprint density at radius 2 is 2.08 bits per heavy atom. The van der Waals surface area contributed by atoms with Gasteiger partial charge in [0.25, 0.3) is 0 Å². The van der Waals surface area contributed by atoms with E-state index in [1.54, 1.807) is 0 Å². The molecular weight excluding hydrogens is 164 g/mol. The minimum Gasteiger partial charge on any atom is -0.381 e. The first-order chi connectivity index (χ1) is 6.36. The second kappa shape index (κ2) is 6.35. The molecule has 3 heteroatoms. The van der Waals surface area contributed by atoms with Crippen LogP contribution in [0.4, 0.5) is 0 Å². The van der Waals surface area contributed by atoms with E-state index in [-0.39, 0.29) is 0 Å². The molecule has 0 unspecified atom stereocenters. The zero-order chi connectivity index (χ0) is 9.52. The fourth-order valence-corrected chi connectivity index (χ4v) is 1.84. The quantitative estimate of drug-likeness (QED) is 0.686. The van der Waals surface area contributed by atoms with Crippen molar-refractivity contribution >= 4 is 0 Å². The van der Waals surface area contributed by atoms with Crippen LogP contribution in [0.3, 0.4) is 0 Å². The van der Waals surface area contributed by atoms with Crippen LogP contribution >= 0.6 is 0 Å². The highest BCUT2D eigenvalue weighted by molar-refractivity contribution is 4.71. The molecule has 0 amide bonds. The van der Waals surface area contributed by atoms with Crippen LogP contribution in [-0.2, 0) is 4.74 Å². The Kier molecular flexibility index (Phi) is 5.35. The average Bonchev–Trinajstić information content (AvgIpc) is 2.17. The highest BCUT2D eigenvalue weighted by Gasteiger charge is 2.18. The molecule has 1 heterocycles. The monoisotopic (exact) mass is 186 g/mol. The van der Waals surface area contributed by atoms with Gasteiger partial charge in [-0.15, -0.1) is 0 Å². The summed E-state index contributed by atoms with van der Waals surface area (Å²) in [5, 5.41) is 0. The maximum absolute atomic E-state index is 5.51. The maximum Gasteiger partial charge on any atom is 0.0495 e. The van der Waals surface area contributed by atoms with Gasteiger partial charge in [0.05, 0.1) is 0 Å². The van der Waals surface area contributed by atoms with Crippen LogP contribution in [0, 0.1) is 5.92 Å². The lowest BCUT2D eigenvalue weighted by Crippen LogP contribution is -2.38. The van der Waals surface area contributed by atoms with Gasteiger partial charge in [-0.1, -0.05) is 0 Å². The zero-order valence-corrected chi connectivity index (χ0v) is 8.67. The average molecular weight is 186 g/mol. The SMILES string of the molecule is CCOCC1CCN(CCN)CC1. The van der Waals surface area contributed by atoms with Crippen LogP contribution < -0.4 is 5.73 Å². The molecule has 0 radical (unpaired) electrons. The number of hydrogen-bond donors (Lipinski definition) is 1. The zero-order valence-electron chi connectivity index (χ0n) is 8.67. The van der Waals surface area contributed by atoms with E-state index in [0.29, 0.717) is 0 Å². The van der Waals surface area contributed by atoms with Crippen molar-refractivity contribution in [2.24, 2.45) is 11.7 Å². The van der Waals surface area contributed by atoms with Gasteiger partial charge in [0.2, 0.25) is 0 Å². The van der Waals surface area contributed by atoms with Gasteiger partial charge in [-0.3, -0.25) is 0 Å². The van der Waals surface area contributed by atoms with Crippen molar-refractivity contribution < 1.29 is 4.74 Å². The second-order valence-corrected chi connectivity index (χ2v) is 3.73. The van der Waals surface area contributed by atoms with Crippen molar-refractivity contribution in [2.75, 3.05) is 39.4 Å². The molecular formula is C10H22N2O. The van der Waals surface area contributed by atoms with E-state index in [1.165, 1.54) is 25.9 Å². The lowest BCUT2D eigenvalue weighted by atomic mass is 9.98. The van der Waals surface area contributed by atoms with Crippen molar-refractivity contribution in [3.05, 3.63) is 0 Å². The molecule has 3 nitrogen and oxygen atoms in total. The van der Waals surface area contributed by atoms with E-state index in [1.807, 2.05) is 0 Å². The van der Waals surface area contributed by atoms with Crippen LogP contribution in [0.25, 0.3) is 0 Å². The van der Waals surface area contributed by atoms with Gasteiger partial charge in [-0.05, 0) is 38.8 Å². The molecule has 0 aromatic heterocycles. The Hall–Kier alpha value is -0.120. The molecule has 78 valence electrons. The Morgan fingerprint density at radius 1 is 1.38 bits per heavy atom. The third-order valence-corrected chi connectivity index (χ3v) is 2.71. The first kappa shape index (κ1) is 11.0. The molecule has 1 fully saturated rings. The predicted octanol–water partition coefficient (Wildman–Crippen LogP) is 0.694. The number of hydrogen-bond acceptors (Lipinski definition) is 3. The van der Waals surface area contributed by atoms with Gasteiger partial charge in [0, 0.05) is 26.3 Å². The van der Waals surface area contributed by atoms with E-state index >= 15 is 0 Å². The highest BCUT2D eigenvalue weighted by atomic mass is 16.5. The van der Waals surface area contributed by atoms with Crippen LogP contribution in [-0.4, -0.2) is 44.3 Å². The van der Waals surface area contributed by atoms with Gasteiger partial charge in [-0.25, -0.2) is 0 Å². The van der Waals surface area contributed by atoms with E-state index in [0.717, 1.165) is 32.2 Å². The van der Waals surface area contributed by atoms with E-state index in [9.17, 15) is 0 Å². The number of piperidine rings is 1. The van der Waals surface area contributed by atoms with E-state index < -0.39 is 0 Å². The van der Waals surface area contributed by atoms with Crippen LogP contribution in [0.1, 0.15) is 19.8 Å². The third kappa shape index (κ3) is 4.07. The fourth-order valence-electron chi connectivity index (χ4n) is 1.84. The number of ether oxygens (including phenoxy) is 1. The molecule has 2 N–H and O–H groups in total. The van der Waals surface area contributed by atoms with Crippen LogP contribution in [0.5, 0.6) is 0 Å². The summed E-state index contributed by atoms with van der Waals surface area (Å²) < 4.78 is 5.42. The molecule has 0 aromatic rings. The number of likely N-dealkylation sites (tertiary alicyclic amines) is 1. The summed E-state index contributed by atoms with van der Waals surface area (Å²) in [6, 6.07) is 0. The number of rotatable bonds is 5. The normalized spacial score (nSPS) is 20.8. The topological polar surface area (TPSA) is 38.5 Å². The van der Waals surface area contributed by atoms with Gasteiger partial charge in [0.1, 0.15) is 0 Å². The molecule has 1 aliphatic rings. The molecule has 13 heavy (non-hydrogen) atoms. The molecule has 1 saturated heterocycles. The Labute approximate surface area is 81.2 Å². The molecule has 1 aliphatic heterocycles. The molecule has 0 aliphatic carbocycles. The molecule has 1 rings (SSSR count). The van der Waals surface area contributed by atoms with Gasteiger partial charge in [-0.2, -0.15) is 0 Å². The summed E-state index contributed by atoms with van der Waals surface area (Å²) in [5.74, 6) is 0.786. The Bertz CT molecular complexity index is 122. The van der Waals surface area contributed by atoms with Crippen molar-refractivity contribution in [2.45, 2.75) is 19.8 Å². The first-order valence-electron chi connectivity index (χ1n) is 5.37. The second-order valence-electron chi connectivity index (χ2n) is 3.73. The lowest BCUT2D eigenvalue weighted by molar-refractivity contribution is 0.0750. The number of nitrogens with zero attached hydrogens (tertiary/aromatic N) is 1. The van der Waals surface area contributed by atoms with Crippen LogP contribution in [0.2, 0.25) is 0 Å². The molecule has 0 atom stereocenters. The van der Waals surface area contributed by atoms with Crippen molar-refractivity contribution in [1.29, 1.82) is 0 Å². The summed E-state index contributed by atoms with van der Waals surface area (Å²) in [4.78, 5) is 2.45. The Balaban J connectivity index is 2.08.